The van der Waals surface area contributed by atoms with E-state index in [-0.39, 0.29) is 34.5 Å². The maximum Gasteiger partial charge on any atom is 0.302 e. The number of halogens is 1. The molecule has 0 aromatic heterocycles. The zero-order valence-electron chi connectivity index (χ0n) is 26.1. The number of carbonyl (C=O) groups excluding carboxylic acids is 1. The molecule has 238 valence electrons. The Hall–Kier alpha value is -2.49. The van der Waals surface area contributed by atoms with E-state index in [4.69, 9.17) is 4.74 Å². The number of sulfone groups is 1. The van der Waals surface area contributed by atoms with Crippen LogP contribution < -0.4 is 4.90 Å². The van der Waals surface area contributed by atoms with Gasteiger partial charge in [-0.3, -0.25) is 4.79 Å². The molecule has 7 nitrogen and oxygen atoms in total. The van der Waals surface area contributed by atoms with Crippen molar-refractivity contribution in [2.24, 2.45) is 17.8 Å². The summed E-state index contributed by atoms with van der Waals surface area (Å²) in [7, 11) is -0.974. The number of anilines is 1. The van der Waals surface area contributed by atoms with Crippen LogP contribution in [0.5, 0.6) is 0 Å². The van der Waals surface area contributed by atoms with Crippen LogP contribution in [0, 0.1) is 23.6 Å². The zero-order chi connectivity index (χ0) is 30.6. The third kappa shape index (κ3) is 5.58. The lowest BCUT2D eigenvalue weighted by Crippen LogP contribution is -2.58. The second kappa shape index (κ2) is 11.7. The number of rotatable bonds is 8. The Morgan fingerprint density at radius 1 is 1.00 bits per heavy atom. The Kier molecular flexibility index (Phi) is 8.03. The molecule has 3 aliphatic heterocycles. The highest BCUT2D eigenvalue weighted by Crippen LogP contribution is 2.54. The van der Waals surface area contributed by atoms with E-state index >= 15 is 0 Å². The molecular weight excluding hydrogens is 577 g/mol. The van der Waals surface area contributed by atoms with Crippen molar-refractivity contribution in [2.75, 3.05) is 51.2 Å². The lowest BCUT2D eigenvalue weighted by molar-refractivity contribution is -0.150. The second-order valence-corrected chi connectivity index (χ2v) is 16.5. The summed E-state index contributed by atoms with van der Waals surface area (Å²) < 4.78 is 45.9. The largest absolute Gasteiger partial charge is 0.462 e. The molecule has 2 saturated carbocycles. The predicted octanol–water partition coefficient (Wildman–Crippen LogP) is 5.03. The van der Waals surface area contributed by atoms with Crippen LogP contribution in [0.2, 0.25) is 0 Å². The molecule has 0 amide bonds. The minimum atomic E-state index is -3.15. The van der Waals surface area contributed by atoms with Crippen molar-refractivity contribution < 1.29 is 22.3 Å². The van der Waals surface area contributed by atoms with Crippen molar-refractivity contribution in [1.82, 2.24) is 9.80 Å². The van der Waals surface area contributed by atoms with Gasteiger partial charge in [0, 0.05) is 62.6 Å². The topological polar surface area (TPSA) is 70.2 Å². The number of likely N-dealkylation sites (N-methyl/N-ethyl adjacent to an activating group) is 1. The van der Waals surface area contributed by atoms with Gasteiger partial charge in [-0.2, -0.15) is 0 Å². The van der Waals surface area contributed by atoms with E-state index in [1.807, 2.05) is 18.2 Å². The van der Waals surface area contributed by atoms with Gasteiger partial charge in [0.05, 0.1) is 10.1 Å². The van der Waals surface area contributed by atoms with E-state index in [9.17, 15) is 17.6 Å². The minimum absolute atomic E-state index is 0.114. The highest BCUT2D eigenvalue weighted by atomic mass is 32.2. The van der Waals surface area contributed by atoms with Crippen molar-refractivity contribution in [1.29, 1.82) is 0 Å². The van der Waals surface area contributed by atoms with Crippen LogP contribution >= 0.6 is 0 Å². The van der Waals surface area contributed by atoms with Crippen LogP contribution in [0.1, 0.15) is 63.0 Å². The number of ether oxygens (including phenoxy) is 1. The number of carbonyl (C=O) groups is 1. The molecule has 2 saturated heterocycles. The number of esters is 1. The summed E-state index contributed by atoms with van der Waals surface area (Å²) in [5, 5.41) is -0.177. The van der Waals surface area contributed by atoms with Crippen LogP contribution in [0.3, 0.4) is 0 Å². The Labute approximate surface area is 261 Å². The normalized spacial score (nSPS) is 28.9. The van der Waals surface area contributed by atoms with Crippen LogP contribution in [-0.4, -0.2) is 81.9 Å². The van der Waals surface area contributed by atoms with Gasteiger partial charge in [-0.1, -0.05) is 6.07 Å². The van der Waals surface area contributed by atoms with Crippen molar-refractivity contribution in [3.05, 3.63) is 59.4 Å². The van der Waals surface area contributed by atoms with Crippen molar-refractivity contribution >= 4 is 21.5 Å². The van der Waals surface area contributed by atoms with E-state index in [0.717, 1.165) is 102 Å². The third-order valence-corrected chi connectivity index (χ3v) is 13.5. The van der Waals surface area contributed by atoms with E-state index < -0.39 is 9.84 Å². The lowest BCUT2D eigenvalue weighted by atomic mass is 9.56. The first kappa shape index (κ1) is 30.2. The standard InChI is InChI=1S/C35H46FN3O4S/c1-24(40)43-34-5-3-4-32(34)35(23-37(2)22-26-6-7-28(36)18-33(26)35)27-14-16-38(17-15-27)19-25-20-39(21-25)29-8-10-30(11-9-29)44(41,42)31-12-13-31/h6-11,18,25,27,31-32,34H,3-5,12-17,19-23H2,1-2H3. The monoisotopic (exact) mass is 623 g/mol. The molecule has 2 aromatic carbocycles. The number of hydrogen-bond acceptors (Lipinski definition) is 7. The van der Waals surface area contributed by atoms with E-state index in [1.54, 1.807) is 24.3 Å². The van der Waals surface area contributed by atoms with Gasteiger partial charge < -0.3 is 19.4 Å². The summed E-state index contributed by atoms with van der Waals surface area (Å²) in [6.45, 7) is 8.29. The molecule has 0 N–H and O–H groups in total. The zero-order valence-corrected chi connectivity index (χ0v) is 26.9. The molecule has 3 atom stereocenters. The number of likely N-dealkylation sites (tertiary alicyclic amines) is 1. The third-order valence-electron chi connectivity index (χ3n) is 11.3. The first-order valence-electron chi connectivity index (χ1n) is 16.6. The lowest BCUT2D eigenvalue weighted by Gasteiger charge is -2.54. The molecule has 0 radical (unpaired) electrons. The highest BCUT2D eigenvalue weighted by Gasteiger charge is 2.55. The van der Waals surface area contributed by atoms with Crippen molar-refractivity contribution in [2.45, 2.75) is 80.1 Å². The molecular formula is C35H46FN3O4S. The number of fused-ring (bicyclic) bond motifs is 1. The smallest absolute Gasteiger partial charge is 0.302 e. The number of benzene rings is 2. The fraction of sp³-hybridized carbons (Fsp3) is 0.629. The number of nitrogens with zero attached hydrogens (tertiary/aromatic N) is 3. The quantitative estimate of drug-likeness (QED) is 0.383. The van der Waals surface area contributed by atoms with Gasteiger partial charge in [0.2, 0.25) is 0 Å². The molecule has 3 unspecified atom stereocenters. The van der Waals surface area contributed by atoms with E-state index in [1.165, 1.54) is 12.5 Å². The van der Waals surface area contributed by atoms with Crippen molar-refractivity contribution in [3.8, 4) is 0 Å². The molecule has 5 aliphatic rings. The fourth-order valence-corrected chi connectivity index (χ4v) is 10.8. The van der Waals surface area contributed by atoms with E-state index in [0.29, 0.717) is 16.7 Å². The molecule has 2 aromatic rings. The average Bonchev–Trinajstić information content (AvgIpc) is 3.75. The van der Waals surface area contributed by atoms with Crippen LogP contribution in [0.15, 0.2) is 47.4 Å². The van der Waals surface area contributed by atoms with Gasteiger partial charge in [-0.05, 0) is 119 Å². The molecule has 0 bridgehead atoms. The second-order valence-electron chi connectivity index (χ2n) is 14.3. The Bertz CT molecular complexity index is 1480. The average molecular weight is 624 g/mol. The molecule has 2 aliphatic carbocycles. The number of piperidine rings is 1. The first-order chi connectivity index (χ1) is 21.1. The van der Waals surface area contributed by atoms with Gasteiger partial charge >= 0.3 is 5.97 Å². The summed E-state index contributed by atoms with van der Waals surface area (Å²) in [6, 6.07) is 12.8. The van der Waals surface area contributed by atoms with Crippen LogP contribution in [-0.2, 0) is 31.3 Å². The van der Waals surface area contributed by atoms with Gasteiger partial charge in [0.15, 0.2) is 9.84 Å². The molecule has 9 heteroatoms. The summed E-state index contributed by atoms with van der Waals surface area (Å²) in [5.41, 5.74) is 3.23. The van der Waals surface area contributed by atoms with Gasteiger partial charge in [-0.25, -0.2) is 12.8 Å². The van der Waals surface area contributed by atoms with Gasteiger partial charge in [0.1, 0.15) is 11.9 Å². The summed E-state index contributed by atoms with van der Waals surface area (Å²) >= 11 is 0. The van der Waals surface area contributed by atoms with Crippen LogP contribution in [0.25, 0.3) is 0 Å². The molecule has 3 heterocycles. The van der Waals surface area contributed by atoms with Crippen molar-refractivity contribution in [3.63, 3.8) is 0 Å². The maximum absolute atomic E-state index is 14.9. The fourth-order valence-electron chi connectivity index (χ4n) is 9.15. The molecule has 0 spiro atoms. The Morgan fingerprint density at radius 3 is 2.41 bits per heavy atom. The summed E-state index contributed by atoms with van der Waals surface area (Å²) in [5.74, 6) is 0.785. The van der Waals surface area contributed by atoms with Crippen LogP contribution in [0.4, 0.5) is 10.1 Å². The Balaban J connectivity index is 1.02. The predicted molar refractivity (Wildman–Crippen MR) is 169 cm³/mol. The molecule has 4 fully saturated rings. The maximum atomic E-state index is 14.9. The van der Waals surface area contributed by atoms with Gasteiger partial charge in [-0.15, -0.1) is 0 Å². The first-order valence-corrected chi connectivity index (χ1v) is 18.1. The molecule has 7 rings (SSSR count). The Morgan fingerprint density at radius 2 is 1.73 bits per heavy atom. The SMILES string of the molecule is CC(=O)OC1CCCC1C1(C2CCN(CC3CN(c4ccc(S(=O)(=O)C5CC5)cc4)C3)CC2)CN(C)Cc2ccc(F)cc21. The molecule has 44 heavy (non-hydrogen) atoms. The highest BCUT2D eigenvalue weighted by molar-refractivity contribution is 7.92. The van der Waals surface area contributed by atoms with Gasteiger partial charge in [0.25, 0.3) is 0 Å². The summed E-state index contributed by atoms with van der Waals surface area (Å²) in [6.07, 6.45) is 6.50. The summed E-state index contributed by atoms with van der Waals surface area (Å²) in [4.78, 5) is 19.9. The minimum Gasteiger partial charge on any atom is -0.462 e. The number of hydrogen-bond donors (Lipinski definition) is 0. The van der Waals surface area contributed by atoms with E-state index in [2.05, 4.69) is 21.7 Å².